The summed E-state index contributed by atoms with van der Waals surface area (Å²) in [7, 11) is 0. The Kier molecular flexibility index (Phi) is 2.79. The Morgan fingerprint density at radius 3 is 2.33 bits per heavy atom. The highest BCUT2D eigenvalue weighted by atomic mass is 14.1. The molecule has 0 radical (unpaired) electrons. The maximum absolute atomic E-state index is 2.34. The average molecular weight is 234 g/mol. The van der Waals surface area contributed by atoms with Crippen molar-refractivity contribution in [3.63, 3.8) is 0 Å². The van der Waals surface area contributed by atoms with Crippen LogP contribution in [0.2, 0.25) is 0 Å². The van der Waals surface area contributed by atoms with Gasteiger partial charge in [0.15, 0.2) is 0 Å². The lowest BCUT2D eigenvalue weighted by molar-refractivity contribution is 0.648. The van der Waals surface area contributed by atoms with Crippen LogP contribution < -0.4 is 0 Å². The quantitative estimate of drug-likeness (QED) is 0.535. The van der Waals surface area contributed by atoms with Crippen LogP contribution in [0.15, 0.2) is 54.6 Å². The summed E-state index contributed by atoms with van der Waals surface area (Å²) in [5, 5.41) is 5.39. The molecule has 0 unspecified atom stereocenters. The third-order valence-corrected chi connectivity index (χ3v) is 3.45. The van der Waals surface area contributed by atoms with E-state index < -0.39 is 0 Å². The fraction of sp³-hybridized carbons (Fsp3) is 0.222. The molecule has 3 aromatic rings. The monoisotopic (exact) mass is 234 g/mol. The first-order chi connectivity index (χ1) is 8.74. The zero-order valence-electron chi connectivity index (χ0n) is 11.0. The van der Waals surface area contributed by atoms with E-state index >= 15 is 0 Å². The first-order valence-corrected chi connectivity index (χ1v) is 6.64. The summed E-state index contributed by atoms with van der Waals surface area (Å²) in [6, 6.07) is 19.9. The van der Waals surface area contributed by atoms with Crippen LogP contribution in [0.3, 0.4) is 0 Å². The van der Waals surface area contributed by atoms with Crippen molar-refractivity contribution in [3.05, 3.63) is 60.2 Å². The lowest BCUT2D eigenvalue weighted by atomic mass is 9.97. The molecule has 0 fully saturated rings. The van der Waals surface area contributed by atoms with Crippen LogP contribution in [0.25, 0.3) is 21.5 Å². The van der Waals surface area contributed by atoms with Gasteiger partial charge in [0, 0.05) is 0 Å². The summed E-state index contributed by atoms with van der Waals surface area (Å²) in [6.45, 7) is 4.54. The van der Waals surface area contributed by atoms with E-state index in [4.69, 9.17) is 0 Å². The molecule has 0 heterocycles. The molecule has 0 saturated carbocycles. The lowest BCUT2D eigenvalue weighted by Gasteiger charge is -2.08. The molecule has 0 nitrogen and oxygen atoms in total. The van der Waals surface area contributed by atoms with Crippen molar-refractivity contribution >= 4 is 21.5 Å². The van der Waals surface area contributed by atoms with Gasteiger partial charge < -0.3 is 0 Å². The van der Waals surface area contributed by atoms with E-state index in [-0.39, 0.29) is 0 Å². The van der Waals surface area contributed by atoms with E-state index in [1.807, 2.05) is 0 Å². The number of fused-ring (bicyclic) bond motifs is 3. The maximum Gasteiger partial charge on any atom is -0.0105 e. The maximum atomic E-state index is 2.34. The van der Waals surface area contributed by atoms with Gasteiger partial charge in [0.25, 0.3) is 0 Å². The zero-order chi connectivity index (χ0) is 12.5. The SMILES string of the molecule is CC(C)Cc1ccc2c(ccc3ccccc32)c1. The van der Waals surface area contributed by atoms with Gasteiger partial charge in [-0.15, -0.1) is 0 Å². The minimum absolute atomic E-state index is 0.711. The second kappa shape index (κ2) is 4.45. The fourth-order valence-corrected chi connectivity index (χ4v) is 2.66. The average Bonchev–Trinajstić information content (AvgIpc) is 2.37. The molecule has 0 atom stereocenters. The van der Waals surface area contributed by atoms with E-state index in [1.54, 1.807) is 0 Å². The summed E-state index contributed by atoms with van der Waals surface area (Å²) >= 11 is 0. The Bertz CT molecular complexity index is 693. The van der Waals surface area contributed by atoms with E-state index in [2.05, 4.69) is 68.4 Å². The Balaban J connectivity index is 2.21. The van der Waals surface area contributed by atoms with Gasteiger partial charge in [0.1, 0.15) is 0 Å². The molecule has 3 rings (SSSR count). The Hall–Kier alpha value is -1.82. The molecule has 0 amide bonds. The molecule has 0 aromatic heterocycles. The molecule has 0 aliphatic rings. The summed E-state index contributed by atoms with van der Waals surface area (Å²) in [4.78, 5) is 0. The number of rotatable bonds is 2. The third kappa shape index (κ3) is 1.99. The molecule has 18 heavy (non-hydrogen) atoms. The third-order valence-electron chi connectivity index (χ3n) is 3.45. The summed E-state index contributed by atoms with van der Waals surface area (Å²) in [5.74, 6) is 0.711. The van der Waals surface area contributed by atoms with Crippen molar-refractivity contribution in [2.75, 3.05) is 0 Å². The highest BCUT2D eigenvalue weighted by Gasteiger charge is 2.02. The number of benzene rings is 3. The van der Waals surface area contributed by atoms with Gasteiger partial charge in [0.05, 0.1) is 0 Å². The second-order valence-corrected chi connectivity index (χ2v) is 5.44. The number of hydrogen-bond acceptors (Lipinski definition) is 0. The van der Waals surface area contributed by atoms with Gasteiger partial charge in [-0.2, -0.15) is 0 Å². The molecule has 0 bridgehead atoms. The first-order valence-electron chi connectivity index (χ1n) is 6.64. The standard InChI is InChI=1S/C18H18/c1-13(2)11-14-7-10-18-16(12-14)9-8-15-5-3-4-6-17(15)18/h3-10,12-13H,11H2,1-2H3. The Labute approximate surface area is 108 Å². The molecule has 0 heteroatoms. The first kappa shape index (κ1) is 11.3. The molecule has 0 aliphatic carbocycles. The van der Waals surface area contributed by atoms with Crippen molar-refractivity contribution in [1.29, 1.82) is 0 Å². The van der Waals surface area contributed by atoms with Gasteiger partial charge in [0.2, 0.25) is 0 Å². The van der Waals surface area contributed by atoms with Crippen molar-refractivity contribution in [2.45, 2.75) is 20.3 Å². The van der Waals surface area contributed by atoms with Gasteiger partial charge >= 0.3 is 0 Å². The molecule has 0 saturated heterocycles. The summed E-state index contributed by atoms with van der Waals surface area (Å²) in [5.41, 5.74) is 1.44. The predicted molar refractivity (Wildman–Crippen MR) is 80.0 cm³/mol. The minimum Gasteiger partial charge on any atom is -0.0625 e. The number of hydrogen-bond donors (Lipinski definition) is 0. The van der Waals surface area contributed by atoms with Crippen LogP contribution in [-0.4, -0.2) is 0 Å². The largest absolute Gasteiger partial charge is 0.0625 e. The molecule has 90 valence electrons. The van der Waals surface area contributed by atoms with E-state index in [0.717, 1.165) is 6.42 Å². The lowest BCUT2D eigenvalue weighted by Crippen LogP contribution is -1.93. The smallest absolute Gasteiger partial charge is 0.0105 e. The van der Waals surface area contributed by atoms with E-state index in [9.17, 15) is 0 Å². The Morgan fingerprint density at radius 1 is 0.778 bits per heavy atom. The van der Waals surface area contributed by atoms with Crippen LogP contribution in [-0.2, 0) is 6.42 Å². The summed E-state index contributed by atoms with van der Waals surface area (Å²) < 4.78 is 0. The molecule has 0 N–H and O–H groups in total. The van der Waals surface area contributed by atoms with Crippen LogP contribution in [0.4, 0.5) is 0 Å². The highest BCUT2D eigenvalue weighted by molar-refractivity contribution is 6.07. The summed E-state index contributed by atoms with van der Waals surface area (Å²) in [6.07, 6.45) is 1.16. The normalized spacial score (nSPS) is 11.5. The molecule has 0 aliphatic heterocycles. The van der Waals surface area contributed by atoms with Gasteiger partial charge in [-0.1, -0.05) is 68.4 Å². The second-order valence-electron chi connectivity index (χ2n) is 5.44. The van der Waals surface area contributed by atoms with Crippen LogP contribution >= 0.6 is 0 Å². The van der Waals surface area contributed by atoms with Crippen molar-refractivity contribution in [2.24, 2.45) is 5.92 Å². The zero-order valence-corrected chi connectivity index (χ0v) is 11.0. The van der Waals surface area contributed by atoms with Crippen LogP contribution in [0.1, 0.15) is 19.4 Å². The molecular formula is C18H18. The van der Waals surface area contributed by atoms with Gasteiger partial charge in [-0.05, 0) is 39.4 Å². The highest BCUT2D eigenvalue weighted by Crippen LogP contribution is 2.26. The minimum atomic E-state index is 0.711. The van der Waals surface area contributed by atoms with Crippen molar-refractivity contribution in [3.8, 4) is 0 Å². The molecule has 0 spiro atoms. The topological polar surface area (TPSA) is 0 Å². The van der Waals surface area contributed by atoms with E-state index in [0.29, 0.717) is 5.92 Å². The van der Waals surface area contributed by atoms with E-state index in [1.165, 1.54) is 27.1 Å². The fourth-order valence-electron chi connectivity index (χ4n) is 2.66. The van der Waals surface area contributed by atoms with Crippen LogP contribution in [0.5, 0.6) is 0 Å². The molecular weight excluding hydrogens is 216 g/mol. The predicted octanol–water partition coefficient (Wildman–Crippen LogP) is 5.19. The van der Waals surface area contributed by atoms with Gasteiger partial charge in [-0.3, -0.25) is 0 Å². The van der Waals surface area contributed by atoms with Crippen molar-refractivity contribution < 1.29 is 0 Å². The van der Waals surface area contributed by atoms with Gasteiger partial charge in [-0.25, -0.2) is 0 Å². The molecule has 3 aromatic carbocycles. The Morgan fingerprint density at radius 2 is 1.50 bits per heavy atom. The van der Waals surface area contributed by atoms with Crippen molar-refractivity contribution in [1.82, 2.24) is 0 Å². The van der Waals surface area contributed by atoms with Crippen LogP contribution in [0, 0.1) is 5.92 Å².